The molecule has 0 bridgehead atoms. The van der Waals surface area contributed by atoms with Crippen molar-refractivity contribution in [2.45, 2.75) is 12.7 Å². The molecule has 0 aliphatic heterocycles. The van der Waals surface area contributed by atoms with Crippen LogP contribution < -0.4 is 5.32 Å². The van der Waals surface area contributed by atoms with Crippen molar-refractivity contribution in [3.05, 3.63) is 82.0 Å². The number of oxazole rings is 1. The molecule has 26 heavy (non-hydrogen) atoms. The molecule has 1 heterocycles. The van der Waals surface area contributed by atoms with Gasteiger partial charge in [-0.2, -0.15) is 13.2 Å². The Morgan fingerprint density at radius 3 is 2.46 bits per heavy atom. The molecule has 3 nitrogen and oxygen atoms in total. The molecular weight excluding hydrogens is 409 g/mol. The zero-order valence-electron chi connectivity index (χ0n) is 13.4. The molecule has 1 aromatic heterocycles. The maximum Gasteiger partial charge on any atom is 0.416 e. The highest BCUT2D eigenvalue weighted by Gasteiger charge is 2.29. The molecule has 0 aliphatic rings. The van der Waals surface area contributed by atoms with Crippen LogP contribution in [0, 0.1) is 0 Å². The summed E-state index contributed by atoms with van der Waals surface area (Å²) in [6, 6.07) is 12.6. The van der Waals surface area contributed by atoms with Gasteiger partial charge in [0.05, 0.1) is 17.8 Å². The summed E-state index contributed by atoms with van der Waals surface area (Å²) in [7, 11) is 0. The zero-order valence-corrected chi connectivity index (χ0v) is 15.0. The highest BCUT2D eigenvalue weighted by molar-refractivity contribution is 9.10. The predicted octanol–water partition coefficient (Wildman–Crippen LogP) is 6.24. The lowest BCUT2D eigenvalue weighted by molar-refractivity contribution is -0.137. The molecule has 2 aromatic carbocycles. The summed E-state index contributed by atoms with van der Waals surface area (Å²) in [6.45, 7) is 0.486. The monoisotopic (exact) mass is 422 g/mol. The fourth-order valence-electron chi connectivity index (χ4n) is 2.22. The minimum atomic E-state index is -4.33. The lowest BCUT2D eigenvalue weighted by Gasteiger charge is -2.05. The van der Waals surface area contributed by atoms with Gasteiger partial charge >= 0.3 is 6.18 Å². The maximum atomic E-state index is 12.5. The van der Waals surface area contributed by atoms with Gasteiger partial charge in [-0.15, -0.1) is 0 Å². The highest BCUT2D eigenvalue weighted by Crippen LogP contribution is 2.29. The van der Waals surface area contributed by atoms with Crippen LogP contribution >= 0.6 is 15.9 Å². The Morgan fingerprint density at radius 2 is 1.77 bits per heavy atom. The maximum absolute atomic E-state index is 12.5. The van der Waals surface area contributed by atoms with Crippen molar-refractivity contribution in [1.82, 2.24) is 4.98 Å². The van der Waals surface area contributed by atoms with E-state index in [-0.39, 0.29) is 0 Å². The summed E-state index contributed by atoms with van der Waals surface area (Å²) < 4.78 is 43.9. The van der Waals surface area contributed by atoms with Crippen LogP contribution in [-0.4, -0.2) is 4.98 Å². The van der Waals surface area contributed by atoms with Gasteiger partial charge in [-0.1, -0.05) is 24.3 Å². The molecule has 0 unspecified atom stereocenters. The second-order valence-electron chi connectivity index (χ2n) is 5.46. The molecular formula is C19H14BrF3N2O. The van der Waals surface area contributed by atoms with E-state index in [9.17, 15) is 13.2 Å². The van der Waals surface area contributed by atoms with Crippen molar-refractivity contribution in [2.75, 3.05) is 5.32 Å². The summed E-state index contributed by atoms with van der Waals surface area (Å²) in [5.74, 6) is 0.383. The van der Waals surface area contributed by atoms with Crippen LogP contribution in [0.5, 0.6) is 0 Å². The summed E-state index contributed by atoms with van der Waals surface area (Å²) in [4.78, 5) is 4.32. The van der Waals surface area contributed by atoms with Gasteiger partial charge < -0.3 is 9.73 Å². The van der Waals surface area contributed by atoms with Gasteiger partial charge in [0, 0.05) is 16.2 Å². The van der Waals surface area contributed by atoms with Crippen LogP contribution in [0.3, 0.4) is 0 Å². The molecule has 0 radical (unpaired) electrons. The fraction of sp³-hybridized carbons (Fsp3) is 0.105. The number of aromatic nitrogens is 1. The molecule has 0 spiro atoms. The van der Waals surface area contributed by atoms with Gasteiger partial charge in [-0.25, -0.2) is 4.98 Å². The van der Waals surface area contributed by atoms with E-state index in [0.29, 0.717) is 23.7 Å². The largest absolute Gasteiger partial charge is 0.445 e. The quantitative estimate of drug-likeness (QED) is 0.528. The van der Waals surface area contributed by atoms with Gasteiger partial charge in [0.25, 0.3) is 0 Å². The SMILES string of the molecule is FC(F)(F)c1ccc(/C=C/c2nc(CNc3ccccc3Br)co2)cc1. The number of alkyl halides is 3. The number of nitrogens with one attached hydrogen (secondary N) is 1. The average molecular weight is 423 g/mol. The molecule has 0 saturated heterocycles. The molecule has 0 fully saturated rings. The Labute approximate surface area is 156 Å². The predicted molar refractivity (Wildman–Crippen MR) is 98.3 cm³/mol. The number of anilines is 1. The minimum Gasteiger partial charge on any atom is -0.445 e. The summed E-state index contributed by atoms with van der Waals surface area (Å²) in [5, 5.41) is 3.24. The van der Waals surface area contributed by atoms with E-state index in [1.54, 1.807) is 12.2 Å². The first-order valence-electron chi connectivity index (χ1n) is 7.70. The van der Waals surface area contributed by atoms with Crippen molar-refractivity contribution in [2.24, 2.45) is 0 Å². The topological polar surface area (TPSA) is 38.1 Å². The van der Waals surface area contributed by atoms with E-state index in [2.05, 4.69) is 26.2 Å². The van der Waals surface area contributed by atoms with E-state index < -0.39 is 11.7 Å². The first-order valence-corrected chi connectivity index (χ1v) is 8.49. The number of nitrogens with zero attached hydrogens (tertiary/aromatic N) is 1. The van der Waals surface area contributed by atoms with Crippen molar-refractivity contribution in [3.63, 3.8) is 0 Å². The van der Waals surface area contributed by atoms with Gasteiger partial charge in [0.15, 0.2) is 0 Å². The molecule has 3 rings (SSSR count). The van der Waals surface area contributed by atoms with Crippen molar-refractivity contribution in [1.29, 1.82) is 0 Å². The summed E-state index contributed by atoms with van der Waals surface area (Å²) >= 11 is 3.46. The Bertz CT molecular complexity index is 902. The number of rotatable bonds is 5. The van der Waals surface area contributed by atoms with Gasteiger partial charge in [-0.3, -0.25) is 0 Å². The second-order valence-corrected chi connectivity index (χ2v) is 6.32. The molecule has 134 valence electrons. The van der Waals surface area contributed by atoms with E-state index in [1.807, 2.05) is 24.3 Å². The number of hydrogen-bond donors (Lipinski definition) is 1. The Hall–Kier alpha value is -2.54. The van der Waals surface area contributed by atoms with E-state index >= 15 is 0 Å². The highest BCUT2D eigenvalue weighted by atomic mass is 79.9. The third-order valence-corrected chi connectivity index (χ3v) is 4.25. The summed E-state index contributed by atoms with van der Waals surface area (Å²) in [5.41, 5.74) is 1.61. The van der Waals surface area contributed by atoms with Crippen LogP contribution in [0.4, 0.5) is 18.9 Å². The fourth-order valence-corrected chi connectivity index (χ4v) is 2.65. The van der Waals surface area contributed by atoms with E-state index in [1.165, 1.54) is 18.4 Å². The van der Waals surface area contributed by atoms with Crippen molar-refractivity contribution < 1.29 is 17.6 Å². The first-order chi connectivity index (χ1) is 12.4. The van der Waals surface area contributed by atoms with Crippen molar-refractivity contribution in [3.8, 4) is 0 Å². The summed E-state index contributed by atoms with van der Waals surface area (Å²) in [6.07, 6.45) is 0.470. The molecule has 0 aliphatic carbocycles. The average Bonchev–Trinajstić information content (AvgIpc) is 3.07. The first kappa shape index (κ1) is 18.3. The lowest BCUT2D eigenvalue weighted by Crippen LogP contribution is -2.03. The molecule has 0 atom stereocenters. The minimum absolute atomic E-state index is 0.383. The molecule has 1 N–H and O–H groups in total. The van der Waals surface area contributed by atoms with E-state index in [0.717, 1.165) is 22.3 Å². The standard InChI is InChI=1S/C19H14BrF3N2O/c20-16-3-1-2-4-17(16)24-11-15-12-26-18(25-15)10-7-13-5-8-14(9-6-13)19(21,22)23/h1-10,12,24H,11H2/b10-7+. The van der Waals surface area contributed by atoms with Crippen LogP contribution in [0.15, 0.2) is 63.7 Å². The lowest BCUT2D eigenvalue weighted by atomic mass is 10.1. The number of halogens is 4. The van der Waals surface area contributed by atoms with Crippen LogP contribution in [0.2, 0.25) is 0 Å². The number of benzene rings is 2. The van der Waals surface area contributed by atoms with E-state index in [4.69, 9.17) is 4.42 Å². The van der Waals surface area contributed by atoms with Crippen LogP contribution in [-0.2, 0) is 12.7 Å². The van der Waals surface area contributed by atoms with Gasteiger partial charge in [-0.05, 0) is 51.8 Å². The van der Waals surface area contributed by atoms with Crippen molar-refractivity contribution >= 4 is 33.8 Å². The molecule has 3 aromatic rings. The normalized spacial score (nSPS) is 11.8. The smallest absolute Gasteiger partial charge is 0.416 e. The zero-order chi connectivity index (χ0) is 18.6. The third kappa shape index (κ3) is 4.76. The van der Waals surface area contributed by atoms with Crippen LogP contribution in [0.25, 0.3) is 12.2 Å². The Balaban J connectivity index is 1.61. The Kier molecular flexibility index (Phi) is 5.46. The van der Waals surface area contributed by atoms with Crippen LogP contribution in [0.1, 0.15) is 22.7 Å². The second kappa shape index (κ2) is 7.78. The third-order valence-electron chi connectivity index (χ3n) is 3.56. The number of para-hydroxylation sites is 1. The van der Waals surface area contributed by atoms with Gasteiger partial charge in [0.2, 0.25) is 5.89 Å². The molecule has 0 amide bonds. The number of hydrogen-bond acceptors (Lipinski definition) is 3. The Morgan fingerprint density at radius 1 is 1.04 bits per heavy atom. The molecule has 7 heteroatoms. The van der Waals surface area contributed by atoms with Gasteiger partial charge in [0.1, 0.15) is 6.26 Å². The molecule has 0 saturated carbocycles.